The molecule has 2 heterocycles. The summed E-state index contributed by atoms with van der Waals surface area (Å²) in [6, 6.07) is 5.49. The second kappa shape index (κ2) is 6.20. The highest BCUT2D eigenvalue weighted by molar-refractivity contribution is 6.31. The van der Waals surface area contributed by atoms with E-state index >= 15 is 0 Å². The molecule has 3 N–H and O–H groups in total. The Balaban J connectivity index is 2.34. The van der Waals surface area contributed by atoms with Crippen LogP contribution in [0.2, 0.25) is 5.02 Å². The zero-order chi connectivity index (χ0) is 17.5. The van der Waals surface area contributed by atoms with Crippen LogP contribution < -0.4 is 5.73 Å². The van der Waals surface area contributed by atoms with Crippen LogP contribution in [0.1, 0.15) is 26.6 Å². The van der Waals surface area contributed by atoms with Crippen molar-refractivity contribution in [2.45, 2.75) is 39.5 Å². The molecule has 6 nitrogen and oxygen atoms in total. The Bertz CT molecular complexity index is 899. The van der Waals surface area contributed by atoms with Gasteiger partial charge in [-0.15, -0.1) is 0 Å². The minimum atomic E-state index is -0.911. The average Bonchev–Trinajstić information content (AvgIpc) is 2.82. The van der Waals surface area contributed by atoms with E-state index in [1.807, 2.05) is 23.6 Å². The van der Waals surface area contributed by atoms with E-state index in [9.17, 15) is 5.11 Å². The molecule has 2 aromatic heterocycles. The number of nitrogens with two attached hydrogens (primary N) is 1. The maximum Gasteiger partial charge on any atom is 0.152 e. The normalized spacial score (nSPS) is 12.4. The van der Waals surface area contributed by atoms with Crippen molar-refractivity contribution in [3.05, 3.63) is 29.0 Å². The molecule has 0 atom stereocenters. The molecular formula is C17H21ClN4O2. The number of ether oxygens (including phenoxy) is 1. The summed E-state index contributed by atoms with van der Waals surface area (Å²) in [5.41, 5.74) is 7.36. The molecule has 128 valence electrons. The van der Waals surface area contributed by atoms with Gasteiger partial charge in [0.05, 0.1) is 23.2 Å². The van der Waals surface area contributed by atoms with Gasteiger partial charge in [0.2, 0.25) is 0 Å². The quantitative estimate of drug-likeness (QED) is 0.739. The van der Waals surface area contributed by atoms with Crippen LogP contribution >= 0.6 is 11.6 Å². The van der Waals surface area contributed by atoms with E-state index in [4.69, 9.17) is 22.1 Å². The van der Waals surface area contributed by atoms with Gasteiger partial charge in [0, 0.05) is 17.0 Å². The van der Waals surface area contributed by atoms with Crippen molar-refractivity contribution in [3.63, 3.8) is 0 Å². The van der Waals surface area contributed by atoms with Crippen molar-refractivity contribution in [1.82, 2.24) is 14.5 Å². The van der Waals surface area contributed by atoms with Crippen LogP contribution in [0.15, 0.2) is 18.2 Å². The Morgan fingerprint density at radius 1 is 1.33 bits per heavy atom. The first-order valence-corrected chi connectivity index (χ1v) is 8.22. The standard InChI is InChI=1S/C17H21ClN4O2/c1-4-24-8-13-21-14-15(22(13)9-17(2,3)23)11-6-5-10(18)7-12(11)20-16(14)19/h5-7,23H,4,8-9H2,1-3H3,(H2,19,20). The van der Waals surface area contributed by atoms with Gasteiger partial charge < -0.3 is 20.1 Å². The Morgan fingerprint density at radius 2 is 2.08 bits per heavy atom. The fraction of sp³-hybridized carbons (Fsp3) is 0.412. The van der Waals surface area contributed by atoms with Gasteiger partial charge in [-0.3, -0.25) is 0 Å². The van der Waals surface area contributed by atoms with Gasteiger partial charge in [0.15, 0.2) is 5.82 Å². The number of hydrogen-bond donors (Lipinski definition) is 2. The second-order valence-corrected chi connectivity index (χ2v) is 6.86. The van der Waals surface area contributed by atoms with Gasteiger partial charge in [0.1, 0.15) is 17.9 Å². The number of rotatable bonds is 5. The minimum Gasteiger partial charge on any atom is -0.389 e. The third-order valence-corrected chi connectivity index (χ3v) is 3.96. The molecule has 0 bridgehead atoms. The van der Waals surface area contributed by atoms with Crippen LogP contribution in [0, 0.1) is 0 Å². The molecular weight excluding hydrogens is 328 g/mol. The molecule has 0 aliphatic heterocycles. The van der Waals surface area contributed by atoms with E-state index in [-0.39, 0.29) is 0 Å². The first-order chi connectivity index (χ1) is 11.3. The monoisotopic (exact) mass is 348 g/mol. The van der Waals surface area contributed by atoms with Crippen molar-refractivity contribution in [3.8, 4) is 0 Å². The molecule has 0 fully saturated rings. The van der Waals surface area contributed by atoms with E-state index in [0.717, 1.165) is 10.9 Å². The van der Waals surface area contributed by atoms with Crippen molar-refractivity contribution in [2.75, 3.05) is 12.3 Å². The van der Waals surface area contributed by atoms with Crippen molar-refractivity contribution < 1.29 is 9.84 Å². The first kappa shape index (κ1) is 17.0. The summed E-state index contributed by atoms with van der Waals surface area (Å²) < 4.78 is 7.49. The second-order valence-electron chi connectivity index (χ2n) is 6.42. The zero-order valence-corrected chi connectivity index (χ0v) is 14.8. The number of fused-ring (bicyclic) bond motifs is 3. The highest BCUT2D eigenvalue weighted by atomic mass is 35.5. The SMILES string of the molecule is CCOCc1nc2c(N)nc3cc(Cl)ccc3c2n1CC(C)(C)O. The number of aromatic nitrogens is 3. The fourth-order valence-electron chi connectivity index (χ4n) is 2.79. The lowest BCUT2D eigenvalue weighted by atomic mass is 10.1. The van der Waals surface area contributed by atoms with Crippen molar-refractivity contribution in [1.29, 1.82) is 0 Å². The summed E-state index contributed by atoms with van der Waals surface area (Å²) in [4.78, 5) is 9.02. The maximum absolute atomic E-state index is 10.3. The average molecular weight is 349 g/mol. The molecule has 0 aliphatic rings. The topological polar surface area (TPSA) is 86.2 Å². The third kappa shape index (κ3) is 3.17. The minimum absolute atomic E-state index is 0.340. The number of hydrogen-bond acceptors (Lipinski definition) is 5. The summed E-state index contributed by atoms with van der Waals surface area (Å²) in [6.07, 6.45) is 0. The molecule has 7 heteroatoms. The third-order valence-electron chi connectivity index (χ3n) is 3.73. The van der Waals surface area contributed by atoms with Gasteiger partial charge in [-0.1, -0.05) is 11.6 Å². The highest BCUT2D eigenvalue weighted by Crippen LogP contribution is 2.31. The summed E-state index contributed by atoms with van der Waals surface area (Å²) in [6.45, 7) is 6.73. The van der Waals surface area contributed by atoms with Crippen LogP contribution in [-0.2, 0) is 17.9 Å². The summed E-state index contributed by atoms with van der Waals surface area (Å²) in [5.74, 6) is 1.05. The lowest BCUT2D eigenvalue weighted by Crippen LogP contribution is -2.27. The van der Waals surface area contributed by atoms with E-state index in [1.54, 1.807) is 19.9 Å². The maximum atomic E-state index is 10.3. The smallest absolute Gasteiger partial charge is 0.152 e. The van der Waals surface area contributed by atoms with Crippen LogP contribution in [0.5, 0.6) is 0 Å². The molecule has 0 aliphatic carbocycles. The van der Waals surface area contributed by atoms with Gasteiger partial charge in [0.25, 0.3) is 0 Å². The molecule has 24 heavy (non-hydrogen) atoms. The van der Waals surface area contributed by atoms with Crippen LogP contribution in [0.25, 0.3) is 21.9 Å². The molecule has 0 amide bonds. The molecule has 0 unspecified atom stereocenters. The Hall–Kier alpha value is -1.89. The van der Waals surface area contributed by atoms with E-state index in [2.05, 4.69) is 9.97 Å². The van der Waals surface area contributed by atoms with E-state index in [0.29, 0.717) is 47.5 Å². The van der Waals surface area contributed by atoms with Gasteiger partial charge in [-0.2, -0.15) is 0 Å². The first-order valence-electron chi connectivity index (χ1n) is 7.84. The molecule has 3 rings (SSSR count). The molecule has 3 aromatic rings. The number of anilines is 1. The number of aliphatic hydroxyl groups is 1. The van der Waals surface area contributed by atoms with Crippen molar-refractivity contribution >= 4 is 39.4 Å². The molecule has 0 saturated carbocycles. The summed E-state index contributed by atoms with van der Waals surface area (Å²) >= 11 is 6.08. The number of nitrogen functional groups attached to an aromatic ring is 1. The van der Waals surface area contributed by atoms with Gasteiger partial charge in [-0.05, 0) is 39.0 Å². The number of halogens is 1. The van der Waals surface area contributed by atoms with E-state index < -0.39 is 5.60 Å². The van der Waals surface area contributed by atoms with Gasteiger partial charge in [-0.25, -0.2) is 9.97 Å². The molecule has 0 radical (unpaired) electrons. The largest absolute Gasteiger partial charge is 0.389 e. The predicted molar refractivity (Wildman–Crippen MR) is 96.1 cm³/mol. The molecule has 0 spiro atoms. The summed E-state index contributed by atoms with van der Waals surface area (Å²) in [5, 5.41) is 11.8. The lowest BCUT2D eigenvalue weighted by Gasteiger charge is -2.20. The van der Waals surface area contributed by atoms with Gasteiger partial charge >= 0.3 is 0 Å². The predicted octanol–water partition coefficient (Wildman–Crippen LogP) is 3.13. The van der Waals surface area contributed by atoms with E-state index in [1.165, 1.54) is 0 Å². The fourth-order valence-corrected chi connectivity index (χ4v) is 2.96. The van der Waals surface area contributed by atoms with Crippen LogP contribution in [0.4, 0.5) is 5.82 Å². The Morgan fingerprint density at radius 3 is 2.75 bits per heavy atom. The number of benzene rings is 1. The van der Waals surface area contributed by atoms with Crippen LogP contribution in [-0.4, -0.2) is 31.8 Å². The lowest BCUT2D eigenvalue weighted by molar-refractivity contribution is 0.0582. The number of imidazole rings is 1. The van der Waals surface area contributed by atoms with Crippen molar-refractivity contribution in [2.24, 2.45) is 0 Å². The molecule has 1 aromatic carbocycles. The summed E-state index contributed by atoms with van der Waals surface area (Å²) in [7, 11) is 0. The number of pyridine rings is 1. The molecule has 0 saturated heterocycles. The van der Waals surface area contributed by atoms with Crippen LogP contribution in [0.3, 0.4) is 0 Å². The number of nitrogens with zero attached hydrogens (tertiary/aromatic N) is 3. The Labute approximate surface area is 145 Å². The highest BCUT2D eigenvalue weighted by Gasteiger charge is 2.22. The zero-order valence-electron chi connectivity index (χ0n) is 14.0. The Kier molecular flexibility index (Phi) is 4.38.